The summed E-state index contributed by atoms with van der Waals surface area (Å²) in [6.07, 6.45) is 8.59. The van der Waals surface area contributed by atoms with E-state index in [1.54, 1.807) is 0 Å². The molecule has 0 aliphatic carbocycles. The molecule has 0 rings (SSSR count). The SMILES string of the molecule is CCCCCCC(=O)[O-].CCCCCCC(=O)[O-].[Br-].[In+3]. The van der Waals surface area contributed by atoms with E-state index in [4.69, 9.17) is 0 Å². The molecule has 0 bridgehead atoms. The Morgan fingerprint density at radius 1 is 0.700 bits per heavy atom. The van der Waals surface area contributed by atoms with Crippen molar-refractivity contribution in [2.45, 2.75) is 78.1 Å². The summed E-state index contributed by atoms with van der Waals surface area (Å²) >= 11 is 0. The van der Waals surface area contributed by atoms with Crippen LogP contribution in [0.15, 0.2) is 0 Å². The van der Waals surface area contributed by atoms with E-state index in [-0.39, 0.29) is 55.7 Å². The van der Waals surface area contributed by atoms with Crippen LogP contribution in [0.3, 0.4) is 0 Å². The first-order chi connectivity index (χ1) is 8.54. The standard InChI is InChI=1S/2C7H14O2.BrH.In/c2*1-2-3-4-5-6-7(8)9;;/h2*2-6H2,1H3,(H,8,9);1H;/q;;;+3/p-3. The Bertz CT molecular complexity index is 191. The average Bonchev–Trinajstić information content (AvgIpc) is 2.31. The Kier molecular flexibility index (Phi) is 34.6. The summed E-state index contributed by atoms with van der Waals surface area (Å²) in [6.45, 7) is 4.19. The summed E-state index contributed by atoms with van der Waals surface area (Å²) in [6, 6.07) is 0. The van der Waals surface area contributed by atoms with E-state index >= 15 is 0 Å². The quantitative estimate of drug-likeness (QED) is 0.360. The van der Waals surface area contributed by atoms with Crippen LogP contribution >= 0.6 is 0 Å². The van der Waals surface area contributed by atoms with Crippen LogP contribution in [0.25, 0.3) is 0 Å². The van der Waals surface area contributed by atoms with Gasteiger partial charge in [-0.1, -0.05) is 52.4 Å². The van der Waals surface area contributed by atoms with E-state index in [1.807, 2.05) is 0 Å². The zero-order valence-corrected chi connectivity index (χ0v) is 17.5. The van der Waals surface area contributed by atoms with Gasteiger partial charge in [-0.3, -0.25) is 0 Å². The van der Waals surface area contributed by atoms with Crippen LogP contribution in [0.5, 0.6) is 0 Å². The van der Waals surface area contributed by atoms with Gasteiger partial charge in [0.25, 0.3) is 0 Å². The molecule has 0 aliphatic heterocycles. The van der Waals surface area contributed by atoms with Crippen molar-refractivity contribution in [2.75, 3.05) is 0 Å². The molecule has 0 N–H and O–H groups in total. The number of hydrogen-bond acceptors (Lipinski definition) is 4. The second-order valence-corrected chi connectivity index (χ2v) is 4.37. The van der Waals surface area contributed by atoms with Crippen molar-refractivity contribution in [3.05, 3.63) is 0 Å². The van der Waals surface area contributed by atoms with Gasteiger partial charge in [0.05, 0.1) is 0 Å². The Morgan fingerprint density at radius 3 is 1.20 bits per heavy atom. The van der Waals surface area contributed by atoms with Gasteiger partial charge in [-0.05, 0) is 25.7 Å². The van der Waals surface area contributed by atoms with Crippen LogP contribution in [-0.4, -0.2) is 37.8 Å². The number of aliphatic carboxylic acids is 2. The fraction of sp³-hybridized carbons (Fsp3) is 0.857. The van der Waals surface area contributed by atoms with Gasteiger partial charge in [-0.15, -0.1) is 0 Å². The monoisotopic (exact) mass is 452 g/mol. The number of hydrogen-bond donors (Lipinski definition) is 0. The third-order valence-corrected chi connectivity index (χ3v) is 2.47. The molecular weight excluding hydrogens is 427 g/mol. The van der Waals surface area contributed by atoms with E-state index in [0.717, 1.165) is 51.4 Å². The molecule has 4 nitrogen and oxygen atoms in total. The second kappa shape index (κ2) is 24.3. The molecule has 0 heterocycles. The number of halogens is 1. The van der Waals surface area contributed by atoms with Gasteiger partial charge in [-0.2, -0.15) is 0 Å². The van der Waals surface area contributed by atoms with Gasteiger partial charge >= 0.3 is 25.8 Å². The van der Waals surface area contributed by atoms with Crippen molar-refractivity contribution in [3.63, 3.8) is 0 Å². The van der Waals surface area contributed by atoms with Crippen LogP contribution in [0.1, 0.15) is 78.1 Å². The summed E-state index contributed by atoms with van der Waals surface area (Å²) in [4.78, 5) is 19.7. The Morgan fingerprint density at radius 2 is 1.00 bits per heavy atom. The summed E-state index contributed by atoms with van der Waals surface area (Å²) in [5, 5.41) is 19.7. The van der Waals surface area contributed by atoms with Gasteiger partial charge in [-0.25, -0.2) is 0 Å². The average molecular weight is 453 g/mol. The molecule has 0 atom stereocenters. The summed E-state index contributed by atoms with van der Waals surface area (Å²) in [5.74, 6) is -1.85. The molecule has 0 spiro atoms. The number of rotatable bonds is 10. The van der Waals surface area contributed by atoms with E-state index in [9.17, 15) is 19.8 Å². The fourth-order valence-corrected chi connectivity index (χ4v) is 1.39. The molecule has 20 heavy (non-hydrogen) atoms. The molecule has 0 unspecified atom stereocenters. The third-order valence-electron chi connectivity index (χ3n) is 2.47. The first kappa shape index (κ1) is 28.5. The summed E-state index contributed by atoms with van der Waals surface area (Å²) in [7, 11) is 0. The number of carboxylic acids is 2. The van der Waals surface area contributed by atoms with Crippen LogP contribution in [0.2, 0.25) is 0 Å². The molecule has 0 aromatic heterocycles. The smallest absolute Gasteiger partial charge is 1.00 e. The first-order valence-corrected chi connectivity index (χ1v) is 6.94. The van der Waals surface area contributed by atoms with Crippen LogP contribution < -0.4 is 27.2 Å². The molecular formula is C14H26BrInO4. The zero-order chi connectivity index (χ0) is 14.2. The summed E-state index contributed by atoms with van der Waals surface area (Å²) < 4.78 is 0. The van der Waals surface area contributed by atoms with Gasteiger partial charge in [0.15, 0.2) is 0 Å². The molecule has 0 aliphatic rings. The maximum absolute atomic E-state index is 9.85. The molecule has 0 amide bonds. The topological polar surface area (TPSA) is 80.3 Å². The Hall–Kier alpha value is 0.290. The van der Waals surface area contributed by atoms with E-state index < -0.39 is 11.9 Å². The van der Waals surface area contributed by atoms with Gasteiger partial charge in [0, 0.05) is 11.9 Å². The molecule has 0 radical (unpaired) electrons. The Labute approximate surface area is 152 Å². The molecule has 0 aromatic carbocycles. The van der Waals surface area contributed by atoms with Crippen LogP contribution in [0.4, 0.5) is 0 Å². The Balaban J connectivity index is -0.000000116. The minimum Gasteiger partial charge on any atom is -1.00 e. The van der Waals surface area contributed by atoms with Crippen LogP contribution in [0, 0.1) is 0 Å². The zero-order valence-electron chi connectivity index (χ0n) is 12.7. The second-order valence-electron chi connectivity index (χ2n) is 4.37. The minimum atomic E-state index is -0.925. The predicted octanol–water partition coefficient (Wildman–Crippen LogP) is -1.96. The molecule has 0 saturated carbocycles. The molecule has 0 aromatic rings. The van der Waals surface area contributed by atoms with Gasteiger partial charge < -0.3 is 36.8 Å². The minimum absolute atomic E-state index is 0. The van der Waals surface area contributed by atoms with Crippen molar-refractivity contribution in [1.29, 1.82) is 0 Å². The number of unbranched alkanes of at least 4 members (excludes halogenated alkanes) is 6. The van der Waals surface area contributed by atoms with Crippen molar-refractivity contribution in [3.8, 4) is 0 Å². The van der Waals surface area contributed by atoms with Crippen molar-refractivity contribution in [1.82, 2.24) is 0 Å². The fourth-order valence-electron chi connectivity index (χ4n) is 1.39. The largest absolute Gasteiger partial charge is 3.00 e. The van der Waals surface area contributed by atoms with E-state index in [0.29, 0.717) is 0 Å². The number of carbonyl (C=O) groups is 2. The predicted molar refractivity (Wildman–Crippen MR) is 73.3 cm³/mol. The summed E-state index contributed by atoms with van der Waals surface area (Å²) in [5.41, 5.74) is 0. The van der Waals surface area contributed by atoms with Crippen molar-refractivity contribution in [2.24, 2.45) is 0 Å². The maximum atomic E-state index is 9.85. The third kappa shape index (κ3) is 36.2. The van der Waals surface area contributed by atoms with Crippen molar-refractivity contribution < 1.29 is 36.8 Å². The molecule has 116 valence electrons. The normalized spacial score (nSPS) is 8.50. The van der Waals surface area contributed by atoms with Gasteiger partial charge in [0.1, 0.15) is 0 Å². The van der Waals surface area contributed by atoms with E-state index in [1.165, 1.54) is 0 Å². The first-order valence-electron chi connectivity index (χ1n) is 6.94. The molecule has 0 fully saturated rings. The van der Waals surface area contributed by atoms with E-state index in [2.05, 4.69) is 13.8 Å². The van der Waals surface area contributed by atoms with Crippen molar-refractivity contribution >= 4 is 37.8 Å². The molecule has 0 saturated heterocycles. The number of carbonyl (C=O) groups excluding carboxylic acids is 2. The number of carboxylic acid groups (broad SMARTS) is 2. The maximum Gasteiger partial charge on any atom is 3.00 e. The molecule has 6 heteroatoms. The van der Waals surface area contributed by atoms with Gasteiger partial charge in [0.2, 0.25) is 0 Å². The van der Waals surface area contributed by atoms with Crippen LogP contribution in [-0.2, 0) is 9.59 Å².